The van der Waals surface area contributed by atoms with E-state index in [1.807, 2.05) is 12.2 Å². The second-order valence-corrected chi connectivity index (χ2v) is 17.7. The predicted molar refractivity (Wildman–Crippen MR) is 275 cm³/mol. The average molecular weight is 917 g/mol. The van der Waals surface area contributed by atoms with Gasteiger partial charge in [-0.15, -0.1) is 0 Å². The molecule has 0 spiro atoms. The first kappa shape index (κ1) is 66.2. The Kier molecular flexibility index (Phi) is 60.1. The summed E-state index contributed by atoms with van der Waals surface area (Å²) in [6.45, 7) is 6.70. The van der Waals surface area contributed by atoms with E-state index >= 15 is 0 Å². The van der Waals surface area contributed by atoms with E-state index in [9.17, 15) is 24.0 Å². The number of rotatable bonds is 45. The highest BCUT2D eigenvalue weighted by molar-refractivity contribution is 5.89. The summed E-state index contributed by atoms with van der Waals surface area (Å²) in [6, 6.07) is 0. The molecule has 0 fully saturated rings. The Bertz CT molecular complexity index is 1140. The van der Waals surface area contributed by atoms with Crippen molar-refractivity contribution in [2.75, 3.05) is 21.3 Å². The number of allylic oxidation sites excluding steroid dienone is 6. The summed E-state index contributed by atoms with van der Waals surface area (Å²) in [4.78, 5) is 56.0. The van der Waals surface area contributed by atoms with E-state index < -0.39 is 0 Å². The normalized spacial score (nSPS) is 11.0. The Balaban J connectivity index is -0.000000887. The summed E-state index contributed by atoms with van der Waals surface area (Å²) in [6.07, 6.45) is 56.9. The molecule has 0 aromatic heterocycles. The van der Waals surface area contributed by atoms with Crippen LogP contribution in [0.4, 0.5) is 0 Å². The summed E-state index contributed by atoms with van der Waals surface area (Å²) < 4.78 is 13.8. The third-order valence-electron chi connectivity index (χ3n) is 11.5. The molecule has 0 heterocycles. The Hall–Kier alpha value is -3.03. The monoisotopic (exact) mass is 917 g/mol. The largest absolute Gasteiger partial charge is 0.469 e. The van der Waals surface area contributed by atoms with E-state index in [2.05, 4.69) is 47.1 Å². The van der Waals surface area contributed by atoms with Gasteiger partial charge in [-0.25, -0.2) is 0 Å². The van der Waals surface area contributed by atoms with E-state index in [0.717, 1.165) is 89.9 Å². The Morgan fingerprint density at radius 2 is 0.492 bits per heavy atom. The average Bonchev–Trinajstić information content (AvgIpc) is 3.31. The summed E-state index contributed by atoms with van der Waals surface area (Å²) in [5.74, 6) is 0.172. The van der Waals surface area contributed by atoms with E-state index in [0.29, 0.717) is 32.1 Å². The van der Waals surface area contributed by atoms with Crippen LogP contribution in [0.1, 0.15) is 278 Å². The molecule has 380 valence electrons. The van der Waals surface area contributed by atoms with Gasteiger partial charge in [0.15, 0.2) is 11.6 Å². The van der Waals surface area contributed by atoms with E-state index in [1.165, 1.54) is 156 Å². The summed E-state index contributed by atoms with van der Waals surface area (Å²) >= 11 is 0. The molecule has 0 radical (unpaired) electrons. The van der Waals surface area contributed by atoms with Crippen molar-refractivity contribution in [1.82, 2.24) is 0 Å². The highest BCUT2D eigenvalue weighted by Gasteiger charge is 2.02. The van der Waals surface area contributed by atoms with Gasteiger partial charge in [-0.3, -0.25) is 24.0 Å². The lowest BCUT2D eigenvalue weighted by Crippen LogP contribution is -1.99. The molecule has 0 saturated carbocycles. The number of esters is 3. The number of unbranched alkanes of at least 4 members (excludes halogenated alkanes) is 29. The second-order valence-electron chi connectivity index (χ2n) is 17.7. The van der Waals surface area contributed by atoms with Gasteiger partial charge in [0.1, 0.15) is 0 Å². The molecule has 0 amide bonds. The minimum atomic E-state index is -0.145. The Morgan fingerprint density at radius 3 is 0.754 bits per heavy atom. The molecular formula is C57H104O8. The van der Waals surface area contributed by atoms with E-state index in [4.69, 9.17) is 0 Å². The SMILES string of the molecule is CCCCCCCC(=O)/C=C/CCCCCCCC(=O)OC.CCCCCCCC/C=C/C(=O)CCCCCCC(=O)OC.CCCCCCCC/C=C/CCCCCCCC(=O)OC. The summed E-state index contributed by atoms with van der Waals surface area (Å²) in [5.41, 5.74) is 0. The van der Waals surface area contributed by atoms with Crippen molar-refractivity contribution in [1.29, 1.82) is 0 Å². The minimum absolute atomic E-state index is 0.0763. The van der Waals surface area contributed by atoms with Crippen LogP contribution in [0.25, 0.3) is 0 Å². The third kappa shape index (κ3) is 63.1. The van der Waals surface area contributed by atoms with Crippen LogP contribution in [-0.4, -0.2) is 50.8 Å². The number of ether oxygens (including phenoxy) is 3. The zero-order chi connectivity index (χ0) is 48.5. The van der Waals surface area contributed by atoms with Gasteiger partial charge in [-0.2, -0.15) is 0 Å². The molecule has 65 heavy (non-hydrogen) atoms. The van der Waals surface area contributed by atoms with Crippen LogP contribution in [0.3, 0.4) is 0 Å². The maximum absolute atomic E-state index is 11.6. The molecule has 0 N–H and O–H groups in total. The van der Waals surface area contributed by atoms with Crippen molar-refractivity contribution in [3.05, 3.63) is 36.5 Å². The van der Waals surface area contributed by atoms with Crippen molar-refractivity contribution < 1.29 is 38.2 Å². The lowest BCUT2D eigenvalue weighted by atomic mass is 10.1. The molecule has 8 heteroatoms. The van der Waals surface area contributed by atoms with Crippen LogP contribution in [0, 0.1) is 0 Å². The van der Waals surface area contributed by atoms with Crippen LogP contribution in [0.15, 0.2) is 36.5 Å². The quantitative estimate of drug-likeness (QED) is 0.0195. The highest BCUT2D eigenvalue weighted by Crippen LogP contribution is 2.13. The number of hydrogen-bond acceptors (Lipinski definition) is 8. The molecule has 0 aromatic carbocycles. The second kappa shape index (κ2) is 59.0. The number of methoxy groups -OCH3 is 3. The first-order chi connectivity index (χ1) is 31.7. The molecule has 0 aromatic rings. The van der Waals surface area contributed by atoms with Gasteiger partial charge in [0.2, 0.25) is 0 Å². The number of carbonyl (C=O) groups is 5. The van der Waals surface area contributed by atoms with Crippen molar-refractivity contribution in [3.8, 4) is 0 Å². The number of ketones is 2. The lowest BCUT2D eigenvalue weighted by molar-refractivity contribution is -0.141. The fraction of sp³-hybridized carbons (Fsp3) is 0.807. The van der Waals surface area contributed by atoms with Gasteiger partial charge in [0, 0.05) is 32.1 Å². The molecule has 0 saturated heterocycles. The molecule has 0 bridgehead atoms. The van der Waals surface area contributed by atoms with Gasteiger partial charge in [-0.05, 0) is 95.6 Å². The van der Waals surface area contributed by atoms with Crippen molar-refractivity contribution in [2.45, 2.75) is 278 Å². The van der Waals surface area contributed by atoms with Crippen LogP contribution >= 0.6 is 0 Å². The van der Waals surface area contributed by atoms with Gasteiger partial charge in [0.05, 0.1) is 21.3 Å². The fourth-order valence-corrected chi connectivity index (χ4v) is 7.17. The van der Waals surface area contributed by atoms with Gasteiger partial charge in [0.25, 0.3) is 0 Å². The molecule has 0 aliphatic carbocycles. The van der Waals surface area contributed by atoms with Crippen molar-refractivity contribution >= 4 is 29.5 Å². The van der Waals surface area contributed by atoms with Gasteiger partial charge < -0.3 is 14.2 Å². The van der Waals surface area contributed by atoms with Crippen molar-refractivity contribution in [3.63, 3.8) is 0 Å². The lowest BCUT2D eigenvalue weighted by Gasteiger charge is -2.00. The number of carbonyl (C=O) groups excluding carboxylic acids is 5. The molecule has 0 atom stereocenters. The summed E-state index contributed by atoms with van der Waals surface area (Å²) in [5, 5.41) is 0. The maximum Gasteiger partial charge on any atom is 0.305 e. The highest BCUT2D eigenvalue weighted by atomic mass is 16.5. The first-order valence-corrected chi connectivity index (χ1v) is 27.0. The fourth-order valence-electron chi connectivity index (χ4n) is 7.17. The topological polar surface area (TPSA) is 113 Å². The van der Waals surface area contributed by atoms with Crippen LogP contribution in [0.2, 0.25) is 0 Å². The maximum atomic E-state index is 11.6. The molecular weight excluding hydrogens is 813 g/mol. The minimum Gasteiger partial charge on any atom is -0.469 e. The molecule has 8 nitrogen and oxygen atoms in total. The van der Waals surface area contributed by atoms with Crippen molar-refractivity contribution in [2.24, 2.45) is 0 Å². The van der Waals surface area contributed by atoms with Crippen LogP contribution in [0.5, 0.6) is 0 Å². The van der Waals surface area contributed by atoms with Crippen LogP contribution < -0.4 is 0 Å². The number of hydrogen-bond donors (Lipinski definition) is 0. The molecule has 0 unspecified atom stereocenters. The summed E-state index contributed by atoms with van der Waals surface area (Å²) in [7, 11) is 4.31. The van der Waals surface area contributed by atoms with E-state index in [1.54, 1.807) is 12.2 Å². The van der Waals surface area contributed by atoms with Gasteiger partial charge in [-0.1, -0.05) is 186 Å². The predicted octanol–water partition coefficient (Wildman–Crippen LogP) is 16.9. The zero-order valence-corrected chi connectivity index (χ0v) is 43.5. The van der Waals surface area contributed by atoms with Crippen LogP contribution in [-0.2, 0) is 38.2 Å². The third-order valence-corrected chi connectivity index (χ3v) is 11.5. The van der Waals surface area contributed by atoms with E-state index in [-0.39, 0.29) is 29.5 Å². The zero-order valence-electron chi connectivity index (χ0n) is 43.5. The molecule has 0 aliphatic heterocycles. The molecule has 0 rings (SSSR count). The Morgan fingerprint density at radius 1 is 0.277 bits per heavy atom. The Labute approximate surface area is 401 Å². The first-order valence-electron chi connectivity index (χ1n) is 27.0. The smallest absolute Gasteiger partial charge is 0.305 e. The standard InChI is InChI=1S/2C19H34O3.C19H36O2/c1-3-4-5-9-12-15-18(20)16-13-10-7-6-8-11-14-17-19(21)22-2;1-3-4-5-6-7-8-9-12-15-18(20)16-13-10-11-14-17-19(21)22-2;1-3-4-5-6-7-8-9-10-11-12-13-14-15-16-17-18-19(20)21-2/h13,16H,3-12,14-15,17H2,1-2H3;12,15H,3-11,13-14,16-17H2,1-2H3;10-11H,3-9,12-18H2,1-2H3/b16-13+;15-12+;11-10+. The molecule has 0 aliphatic rings. The van der Waals surface area contributed by atoms with Gasteiger partial charge >= 0.3 is 17.9 Å².